The highest BCUT2D eigenvalue weighted by atomic mass is 79.9. The van der Waals surface area contributed by atoms with Gasteiger partial charge < -0.3 is 0 Å². The van der Waals surface area contributed by atoms with Crippen molar-refractivity contribution < 1.29 is 0 Å². The molecule has 0 unspecified atom stereocenters. The van der Waals surface area contributed by atoms with Crippen molar-refractivity contribution in [1.82, 2.24) is 25.0 Å². The minimum atomic E-state index is 0.187. The molecule has 3 rings (SSSR count). The highest BCUT2D eigenvalue weighted by Gasteiger charge is 2.09. The smallest absolute Gasteiger partial charge is 0.224 e. The fourth-order valence-corrected chi connectivity index (χ4v) is 2.38. The van der Waals surface area contributed by atoms with Crippen molar-refractivity contribution in [2.24, 2.45) is 0 Å². The van der Waals surface area contributed by atoms with Crippen LogP contribution in [0, 0.1) is 0 Å². The molecule has 96 valence electrons. The van der Waals surface area contributed by atoms with E-state index in [0.717, 1.165) is 17.4 Å². The molecule has 0 spiro atoms. The van der Waals surface area contributed by atoms with E-state index in [1.807, 2.05) is 12.1 Å². The molecule has 7 heteroatoms. The zero-order valence-electron chi connectivity index (χ0n) is 9.79. The van der Waals surface area contributed by atoms with Crippen LogP contribution in [0.25, 0.3) is 16.9 Å². The van der Waals surface area contributed by atoms with E-state index in [4.69, 9.17) is 11.6 Å². The third kappa shape index (κ3) is 2.46. The van der Waals surface area contributed by atoms with Crippen molar-refractivity contribution in [3.63, 3.8) is 0 Å². The molecule has 0 saturated heterocycles. The summed E-state index contributed by atoms with van der Waals surface area (Å²) in [6, 6.07) is 8.10. The number of hydrogen-bond donors (Lipinski definition) is 0. The van der Waals surface area contributed by atoms with Crippen LogP contribution in [-0.4, -0.2) is 30.3 Å². The summed E-state index contributed by atoms with van der Waals surface area (Å²) < 4.78 is 1.65. The summed E-state index contributed by atoms with van der Waals surface area (Å²) in [4.78, 5) is 8.04. The average Bonchev–Trinajstić information content (AvgIpc) is 2.83. The summed E-state index contributed by atoms with van der Waals surface area (Å²) in [6.45, 7) is 0. The molecule has 0 saturated carbocycles. The highest BCUT2D eigenvalue weighted by molar-refractivity contribution is 9.09. The Labute approximate surface area is 122 Å². The largest absolute Gasteiger partial charge is 0.224 e. The third-order valence-electron chi connectivity index (χ3n) is 2.73. The maximum atomic E-state index is 5.81. The maximum absolute atomic E-state index is 5.81. The van der Waals surface area contributed by atoms with Crippen molar-refractivity contribution in [2.45, 2.75) is 6.42 Å². The molecule has 3 aromatic rings. The van der Waals surface area contributed by atoms with Gasteiger partial charge in [0.15, 0.2) is 11.2 Å². The van der Waals surface area contributed by atoms with E-state index >= 15 is 0 Å². The van der Waals surface area contributed by atoms with E-state index < -0.39 is 0 Å². The molecule has 0 aliphatic carbocycles. The Balaban J connectivity index is 2.06. The van der Waals surface area contributed by atoms with Gasteiger partial charge in [-0.2, -0.15) is 9.67 Å². The van der Waals surface area contributed by atoms with Crippen molar-refractivity contribution in [3.8, 4) is 5.69 Å². The minimum absolute atomic E-state index is 0.187. The van der Waals surface area contributed by atoms with Crippen molar-refractivity contribution in [3.05, 3.63) is 41.3 Å². The van der Waals surface area contributed by atoms with Crippen LogP contribution in [0.4, 0.5) is 0 Å². The van der Waals surface area contributed by atoms with Crippen molar-refractivity contribution in [2.75, 3.05) is 5.33 Å². The predicted octanol–water partition coefficient (Wildman–Crippen LogP) is 2.80. The van der Waals surface area contributed by atoms with Gasteiger partial charge in [0.1, 0.15) is 0 Å². The molecule has 0 fully saturated rings. The van der Waals surface area contributed by atoms with Crippen molar-refractivity contribution in [1.29, 1.82) is 0 Å². The SMILES string of the molecule is Clc1ncc2nnn(-c3ccc(CCBr)cc3)c2n1. The summed E-state index contributed by atoms with van der Waals surface area (Å²) in [6.07, 6.45) is 2.56. The molecule has 2 aromatic heterocycles. The number of alkyl halides is 1. The normalized spacial score (nSPS) is 11.1. The van der Waals surface area contributed by atoms with E-state index in [2.05, 4.69) is 48.3 Å². The van der Waals surface area contributed by atoms with Gasteiger partial charge in [-0.3, -0.25) is 0 Å². The Bertz CT molecular complexity index is 710. The molecule has 0 atom stereocenters. The lowest BCUT2D eigenvalue weighted by atomic mass is 10.1. The first-order valence-electron chi connectivity index (χ1n) is 5.67. The van der Waals surface area contributed by atoms with E-state index in [9.17, 15) is 0 Å². The lowest BCUT2D eigenvalue weighted by molar-refractivity contribution is 0.816. The van der Waals surface area contributed by atoms with Gasteiger partial charge in [0, 0.05) is 5.33 Å². The number of hydrogen-bond acceptors (Lipinski definition) is 4. The molecular weight excluding hydrogens is 330 g/mol. The average molecular weight is 339 g/mol. The second kappa shape index (κ2) is 5.22. The van der Waals surface area contributed by atoms with Crippen LogP contribution in [0.15, 0.2) is 30.5 Å². The zero-order valence-corrected chi connectivity index (χ0v) is 12.1. The first kappa shape index (κ1) is 12.5. The second-order valence-corrected chi connectivity index (χ2v) is 5.09. The standard InChI is InChI=1S/C12H9BrClN5/c13-6-5-8-1-3-9(4-2-8)19-11-10(17-18-19)7-15-12(14)16-11/h1-4,7H,5-6H2. The number of nitrogens with zero attached hydrogens (tertiary/aromatic N) is 5. The monoisotopic (exact) mass is 337 g/mol. The summed E-state index contributed by atoms with van der Waals surface area (Å²) >= 11 is 9.23. The Kier molecular flexibility index (Phi) is 3.44. The Morgan fingerprint density at radius 1 is 1.21 bits per heavy atom. The molecule has 0 aliphatic heterocycles. The minimum Gasteiger partial charge on any atom is -0.224 e. The van der Waals surface area contributed by atoms with Crippen molar-refractivity contribution >= 4 is 38.7 Å². The Morgan fingerprint density at radius 2 is 2.00 bits per heavy atom. The van der Waals surface area contributed by atoms with E-state index in [0.29, 0.717) is 11.2 Å². The van der Waals surface area contributed by atoms with E-state index in [1.165, 1.54) is 5.56 Å². The topological polar surface area (TPSA) is 56.5 Å². The van der Waals surface area contributed by atoms with Crippen LogP contribution in [0.2, 0.25) is 5.28 Å². The van der Waals surface area contributed by atoms with Gasteiger partial charge >= 0.3 is 0 Å². The number of fused-ring (bicyclic) bond motifs is 1. The second-order valence-electron chi connectivity index (χ2n) is 3.95. The molecule has 0 aliphatic rings. The number of aromatic nitrogens is 5. The van der Waals surface area contributed by atoms with Crippen LogP contribution >= 0.6 is 27.5 Å². The Morgan fingerprint density at radius 3 is 2.74 bits per heavy atom. The molecule has 19 heavy (non-hydrogen) atoms. The molecule has 2 heterocycles. The Hall–Kier alpha value is -1.53. The molecular formula is C12H9BrClN5. The van der Waals surface area contributed by atoms with Crippen LogP contribution in [0.1, 0.15) is 5.56 Å². The summed E-state index contributed by atoms with van der Waals surface area (Å²) in [5, 5.41) is 9.23. The van der Waals surface area contributed by atoms with Gasteiger partial charge in [0.05, 0.1) is 11.9 Å². The van der Waals surface area contributed by atoms with Crippen LogP contribution in [0.3, 0.4) is 0 Å². The number of halogens is 2. The highest BCUT2D eigenvalue weighted by Crippen LogP contribution is 2.16. The van der Waals surface area contributed by atoms with Gasteiger partial charge in [-0.05, 0) is 35.7 Å². The first-order valence-corrected chi connectivity index (χ1v) is 7.17. The van der Waals surface area contributed by atoms with Gasteiger partial charge in [0.2, 0.25) is 5.28 Å². The predicted molar refractivity (Wildman–Crippen MR) is 77.0 cm³/mol. The lowest BCUT2D eigenvalue weighted by Crippen LogP contribution is -1.99. The number of benzene rings is 1. The summed E-state index contributed by atoms with van der Waals surface area (Å²) in [5.74, 6) is 0. The maximum Gasteiger partial charge on any atom is 0.224 e. The summed E-state index contributed by atoms with van der Waals surface area (Å²) in [5.41, 5.74) is 3.38. The van der Waals surface area contributed by atoms with Crippen LogP contribution < -0.4 is 0 Å². The summed E-state index contributed by atoms with van der Waals surface area (Å²) in [7, 11) is 0. The van der Waals surface area contributed by atoms with Gasteiger partial charge in [-0.1, -0.05) is 33.3 Å². The van der Waals surface area contributed by atoms with Gasteiger partial charge in [-0.25, -0.2) is 4.98 Å². The van der Waals surface area contributed by atoms with Crippen LogP contribution in [-0.2, 0) is 6.42 Å². The van der Waals surface area contributed by atoms with E-state index in [1.54, 1.807) is 10.9 Å². The fourth-order valence-electron chi connectivity index (χ4n) is 1.79. The number of rotatable bonds is 3. The van der Waals surface area contributed by atoms with Gasteiger partial charge in [-0.15, -0.1) is 5.10 Å². The zero-order chi connectivity index (χ0) is 13.2. The molecule has 0 bridgehead atoms. The molecule has 0 radical (unpaired) electrons. The fraction of sp³-hybridized carbons (Fsp3) is 0.167. The quantitative estimate of drug-likeness (QED) is 0.544. The molecule has 0 amide bonds. The lowest BCUT2D eigenvalue weighted by Gasteiger charge is -2.03. The third-order valence-corrected chi connectivity index (χ3v) is 3.31. The number of aryl methyl sites for hydroxylation is 1. The molecule has 1 aromatic carbocycles. The molecule has 5 nitrogen and oxygen atoms in total. The van der Waals surface area contributed by atoms with Crippen LogP contribution in [0.5, 0.6) is 0 Å². The first-order chi connectivity index (χ1) is 9.28. The van der Waals surface area contributed by atoms with Gasteiger partial charge in [0.25, 0.3) is 0 Å². The molecule has 0 N–H and O–H groups in total. The van der Waals surface area contributed by atoms with E-state index in [-0.39, 0.29) is 5.28 Å².